The number of hydrogen-bond acceptors (Lipinski definition) is 4. The zero-order valence-electron chi connectivity index (χ0n) is 11.8. The molecule has 0 fully saturated rings. The average molecular weight is 329 g/mol. The van der Waals surface area contributed by atoms with E-state index < -0.39 is 0 Å². The maximum atomic E-state index is 11.7. The topological polar surface area (TPSA) is 72.2 Å². The third-order valence-electron chi connectivity index (χ3n) is 2.60. The fraction of sp³-hybridized carbons (Fsp3) is 0.333. The molecule has 0 bridgehead atoms. The molecule has 0 aliphatic heterocycles. The number of carbonyl (C=O) groups excluding carboxylic acids is 2. The van der Waals surface area contributed by atoms with Crippen LogP contribution in [0.25, 0.3) is 0 Å². The van der Waals surface area contributed by atoms with E-state index in [2.05, 4.69) is 11.9 Å². The Morgan fingerprint density at radius 1 is 1.29 bits per heavy atom. The molecule has 1 aromatic carbocycles. The van der Waals surface area contributed by atoms with Crippen LogP contribution in [0.2, 0.25) is 0 Å². The van der Waals surface area contributed by atoms with Crippen molar-refractivity contribution in [3.05, 3.63) is 48.0 Å². The van der Waals surface area contributed by atoms with Crippen molar-refractivity contribution in [3.8, 4) is 0 Å². The van der Waals surface area contributed by atoms with Gasteiger partial charge in [0.15, 0.2) is 5.12 Å². The summed E-state index contributed by atoms with van der Waals surface area (Å²) in [6.07, 6.45) is 2.98. The maximum Gasteiger partial charge on any atom is 0.251 e. The van der Waals surface area contributed by atoms with Crippen LogP contribution in [0.15, 0.2) is 36.9 Å². The first-order valence-corrected chi connectivity index (χ1v) is 7.49. The van der Waals surface area contributed by atoms with Crippen LogP contribution < -0.4 is 11.1 Å². The van der Waals surface area contributed by atoms with Crippen molar-refractivity contribution < 1.29 is 9.59 Å². The predicted molar refractivity (Wildman–Crippen MR) is 90.8 cm³/mol. The van der Waals surface area contributed by atoms with Crippen LogP contribution in [-0.2, 0) is 10.5 Å². The summed E-state index contributed by atoms with van der Waals surface area (Å²) in [7, 11) is 0. The molecule has 0 saturated heterocycles. The summed E-state index contributed by atoms with van der Waals surface area (Å²) in [6.45, 7) is 4.48. The molecule has 4 nitrogen and oxygen atoms in total. The smallest absolute Gasteiger partial charge is 0.251 e. The summed E-state index contributed by atoms with van der Waals surface area (Å²) in [4.78, 5) is 23.2. The van der Waals surface area contributed by atoms with Gasteiger partial charge < -0.3 is 11.1 Å². The average Bonchev–Trinajstić information content (AvgIpc) is 2.49. The number of allylic oxidation sites excluding steroid dienone is 1. The van der Waals surface area contributed by atoms with E-state index in [1.54, 1.807) is 18.2 Å². The molecule has 0 unspecified atom stereocenters. The van der Waals surface area contributed by atoms with Gasteiger partial charge in [0, 0.05) is 30.8 Å². The summed E-state index contributed by atoms with van der Waals surface area (Å²) in [5.74, 6) is 0.498. The second kappa shape index (κ2) is 11.4. The molecule has 0 saturated carbocycles. The minimum atomic E-state index is -0.128. The molecule has 0 aromatic heterocycles. The number of hydrogen-bond donors (Lipinski definition) is 2. The van der Waals surface area contributed by atoms with Crippen molar-refractivity contribution in [1.29, 1.82) is 0 Å². The highest BCUT2D eigenvalue weighted by atomic mass is 35.5. The molecule has 6 heteroatoms. The molecule has 3 N–H and O–H groups in total. The van der Waals surface area contributed by atoms with Gasteiger partial charge in [0.05, 0.1) is 0 Å². The van der Waals surface area contributed by atoms with Crippen molar-refractivity contribution >= 4 is 35.2 Å². The molecule has 1 rings (SSSR count). The quantitative estimate of drug-likeness (QED) is 0.719. The van der Waals surface area contributed by atoms with Gasteiger partial charge in [0.2, 0.25) is 0 Å². The van der Waals surface area contributed by atoms with E-state index >= 15 is 0 Å². The van der Waals surface area contributed by atoms with E-state index in [0.29, 0.717) is 37.2 Å². The SMILES string of the molecule is C=CCCC(=O)SCc1ccc(C(=O)NCCN)cc1.Cl. The number of amides is 1. The lowest BCUT2D eigenvalue weighted by molar-refractivity contribution is -0.110. The Morgan fingerprint density at radius 2 is 1.95 bits per heavy atom. The van der Waals surface area contributed by atoms with Crippen molar-refractivity contribution in [3.63, 3.8) is 0 Å². The van der Waals surface area contributed by atoms with Gasteiger partial charge in [-0.15, -0.1) is 19.0 Å². The Bertz CT molecular complexity index is 463. The lowest BCUT2D eigenvalue weighted by Gasteiger charge is -2.05. The summed E-state index contributed by atoms with van der Waals surface area (Å²) in [6, 6.07) is 7.25. The minimum Gasteiger partial charge on any atom is -0.351 e. The molecule has 1 amide bonds. The second-order valence-corrected chi connectivity index (χ2v) is 5.26. The fourth-order valence-electron chi connectivity index (χ4n) is 1.50. The number of nitrogens with two attached hydrogens (primary N) is 1. The van der Waals surface area contributed by atoms with E-state index in [1.807, 2.05) is 12.1 Å². The monoisotopic (exact) mass is 328 g/mol. The zero-order valence-corrected chi connectivity index (χ0v) is 13.5. The van der Waals surface area contributed by atoms with Gasteiger partial charge in [-0.2, -0.15) is 0 Å². The summed E-state index contributed by atoms with van der Waals surface area (Å²) in [5.41, 5.74) is 6.95. The van der Waals surface area contributed by atoms with Crippen LogP contribution in [0.1, 0.15) is 28.8 Å². The van der Waals surface area contributed by atoms with Gasteiger partial charge in [-0.25, -0.2) is 0 Å². The Morgan fingerprint density at radius 3 is 2.52 bits per heavy atom. The van der Waals surface area contributed by atoms with E-state index in [4.69, 9.17) is 5.73 Å². The number of halogens is 1. The third kappa shape index (κ3) is 7.90. The van der Waals surface area contributed by atoms with Crippen LogP contribution in [0, 0.1) is 0 Å². The fourth-order valence-corrected chi connectivity index (χ4v) is 2.28. The van der Waals surface area contributed by atoms with Crippen molar-refractivity contribution in [2.24, 2.45) is 5.73 Å². The molecule has 0 spiro atoms. The minimum absolute atomic E-state index is 0. The maximum absolute atomic E-state index is 11.7. The highest BCUT2D eigenvalue weighted by Gasteiger charge is 2.06. The number of nitrogens with one attached hydrogen (secondary N) is 1. The molecule has 0 aliphatic carbocycles. The summed E-state index contributed by atoms with van der Waals surface area (Å²) in [5, 5.41) is 2.87. The van der Waals surface area contributed by atoms with Crippen molar-refractivity contribution in [2.75, 3.05) is 13.1 Å². The summed E-state index contributed by atoms with van der Waals surface area (Å²) < 4.78 is 0. The van der Waals surface area contributed by atoms with E-state index in [-0.39, 0.29) is 23.4 Å². The Balaban J connectivity index is 0.00000400. The van der Waals surface area contributed by atoms with Crippen LogP contribution >= 0.6 is 24.2 Å². The first-order valence-electron chi connectivity index (χ1n) is 6.51. The van der Waals surface area contributed by atoms with Crippen molar-refractivity contribution in [1.82, 2.24) is 5.32 Å². The van der Waals surface area contributed by atoms with Gasteiger partial charge in [-0.1, -0.05) is 30.0 Å². The lowest BCUT2D eigenvalue weighted by Crippen LogP contribution is -2.28. The van der Waals surface area contributed by atoms with Gasteiger partial charge in [-0.05, 0) is 24.1 Å². The normalized spacial score (nSPS) is 9.57. The predicted octanol–water partition coefficient (Wildman–Crippen LogP) is 2.52. The molecule has 1 aromatic rings. The highest BCUT2D eigenvalue weighted by molar-refractivity contribution is 8.12. The van der Waals surface area contributed by atoms with Gasteiger partial charge >= 0.3 is 0 Å². The first-order chi connectivity index (χ1) is 9.67. The van der Waals surface area contributed by atoms with Crippen LogP contribution in [0.4, 0.5) is 0 Å². The van der Waals surface area contributed by atoms with E-state index in [9.17, 15) is 9.59 Å². The van der Waals surface area contributed by atoms with Crippen LogP contribution in [0.5, 0.6) is 0 Å². The molecule has 21 heavy (non-hydrogen) atoms. The number of thioether (sulfide) groups is 1. The standard InChI is InChI=1S/C15H20N2O2S.ClH/c1-2-3-4-14(18)20-11-12-5-7-13(8-6-12)15(19)17-10-9-16;/h2,5-8H,1,3-4,9-11,16H2,(H,17,19);1H. The molecule has 0 heterocycles. The number of carbonyl (C=O) groups is 2. The largest absolute Gasteiger partial charge is 0.351 e. The van der Waals surface area contributed by atoms with Gasteiger partial charge in [0.25, 0.3) is 5.91 Å². The molecular weight excluding hydrogens is 308 g/mol. The first kappa shape index (κ1) is 19.7. The Hall–Kier alpha value is -1.30. The van der Waals surface area contributed by atoms with E-state index in [1.165, 1.54) is 11.8 Å². The van der Waals surface area contributed by atoms with Crippen LogP contribution in [-0.4, -0.2) is 24.1 Å². The number of benzene rings is 1. The molecule has 0 aliphatic rings. The molecule has 0 radical (unpaired) electrons. The summed E-state index contributed by atoms with van der Waals surface area (Å²) >= 11 is 1.29. The zero-order chi connectivity index (χ0) is 14.8. The second-order valence-electron chi connectivity index (χ2n) is 4.23. The Kier molecular flexibility index (Phi) is 10.7. The van der Waals surface area contributed by atoms with Gasteiger partial charge in [0.1, 0.15) is 0 Å². The third-order valence-corrected chi connectivity index (χ3v) is 3.60. The van der Waals surface area contributed by atoms with Gasteiger partial charge in [-0.3, -0.25) is 9.59 Å². The Labute approximate surface area is 136 Å². The highest BCUT2D eigenvalue weighted by Crippen LogP contribution is 2.16. The lowest BCUT2D eigenvalue weighted by atomic mass is 10.1. The number of rotatable bonds is 8. The van der Waals surface area contributed by atoms with E-state index in [0.717, 1.165) is 5.56 Å². The molecule has 0 atom stereocenters. The van der Waals surface area contributed by atoms with Crippen LogP contribution in [0.3, 0.4) is 0 Å². The van der Waals surface area contributed by atoms with Crippen molar-refractivity contribution in [2.45, 2.75) is 18.6 Å². The molecular formula is C15H21ClN2O2S. The molecule has 116 valence electrons.